The molecule has 2 N–H and O–H groups in total. The van der Waals surface area contributed by atoms with E-state index in [1.807, 2.05) is 17.1 Å². The first-order valence-electron chi connectivity index (χ1n) is 9.45. The lowest BCUT2D eigenvalue weighted by Gasteiger charge is -2.14. The second-order valence-corrected chi connectivity index (χ2v) is 6.79. The predicted octanol–water partition coefficient (Wildman–Crippen LogP) is 2.74. The van der Waals surface area contributed by atoms with E-state index in [-0.39, 0.29) is 0 Å². The number of ether oxygens (including phenoxy) is 1. The van der Waals surface area contributed by atoms with E-state index in [0.717, 1.165) is 49.4 Å². The van der Waals surface area contributed by atoms with Gasteiger partial charge >= 0.3 is 0 Å². The molecule has 1 saturated carbocycles. The first-order chi connectivity index (χ1) is 12.7. The highest BCUT2D eigenvalue weighted by Crippen LogP contribution is 2.30. The maximum Gasteiger partial charge on any atom is 0.191 e. The van der Waals surface area contributed by atoms with Gasteiger partial charge in [0.05, 0.1) is 19.5 Å². The highest BCUT2D eigenvalue weighted by atomic mass is 16.5. The van der Waals surface area contributed by atoms with Gasteiger partial charge in [-0.25, -0.2) is 9.98 Å². The zero-order valence-corrected chi connectivity index (χ0v) is 15.7. The first-order valence-corrected chi connectivity index (χ1v) is 9.45. The molecule has 1 fully saturated rings. The van der Waals surface area contributed by atoms with Gasteiger partial charge in [-0.2, -0.15) is 0 Å². The Balaban J connectivity index is 1.58. The molecule has 6 nitrogen and oxygen atoms in total. The molecule has 0 radical (unpaired) electrons. The van der Waals surface area contributed by atoms with E-state index in [1.165, 1.54) is 18.4 Å². The van der Waals surface area contributed by atoms with Gasteiger partial charge in [0, 0.05) is 37.6 Å². The molecule has 3 rings (SSSR count). The summed E-state index contributed by atoms with van der Waals surface area (Å²) >= 11 is 0. The molecule has 0 bridgehead atoms. The van der Waals surface area contributed by atoms with Gasteiger partial charge in [0.15, 0.2) is 5.96 Å². The van der Waals surface area contributed by atoms with Crippen LogP contribution in [0.3, 0.4) is 0 Å². The minimum absolute atomic E-state index is 0.598. The van der Waals surface area contributed by atoms with Gasteiger partial charge in [0.2, 0.25) is 0 Å². The summed E-state index contributed by atoms with van der Waals surface area (Å²) in [5.74, 6) is 2.53. The quantitative estimate of drug-likeness (QED) is 0.536. The second kappa shape index (κ2) is 9.27. The average molecular weight is 355 g/mol. The Morgan fingerprint density at radius 1 is 1.35 bits per heavy atom. The van der Waals surface area contributed by atoms with Crippen LogP contribution in [0, 0.1) is 12.8 Å². The lowest BCUT2D eigenvalue weighted by molar-refractivity contribution is 0.296. The van der Waals surface area contributed by atoms with Crippen molar-refractivity contribution in [3.8, 4) is 5.75 Å². The maximum absolute atomic E-state index is 6.04. The number of aryl methyl sites for hydroxylation is 1. The minimum Gasteiger partial charge on any atom is -0.493 e. The summed E-state index contributed by atoms with van der Waals surface area (Å²) in [5, 5.41) is 6.67. The molecule has 1 aromatic carbocycles. The fraction of sp³-hybridized carbons (Fsp3) is 0.500. The molecule has 1 aliphatic rings. The molecule has 0 unspecified atom stereocenters. The molecule has 0 atom stereocenters. The predicted molar refractivity (Wildman–Crippen MR) is 104 cm³/mol. The van der Waals surface area contributed by atoms with Gasteiger partial charge in [-0.3, -0.25) is 0 Å². The van der Waals surface area contributed by atoms with Crippen LogP contribution in [0.25, 0.3) is 0 Å². The Morgan fingerprint density at radius 2 is 2.23 bits per heavy atom. The van der Waals surface area contributed by atoms with Gasteiger partial charge in [-0.15, -0.1) is 0 Å². The lowest BCUT2D eigenvalue weighted by Crippen LogP contribution is -2.38. The third-order valence-electron chi connectivity index (χ3n) is 4.37. The molecule has 0 aliphatic heterocycles. The number of hydrogen-bond donors (Lipinski definition) is 2. The van der Waals surface area contributed by atoms with Crippen molar-refractivity contribution in [2.75, 3.05) is 19.7 Å². The number of imidazole rings is 1. The molecule has 1 aliphatic carbocycles. The lowest BCUT2D eigenvalue weighted by atomic mass is 10.1. The topological polar surface area (TPSA) is 63.5 Å². The molecular weight excluding hydrogens is 326 g/mol. The van der Waals surface area contributed by atoms with E-state index < -0.39 is 0 Å². The molecular formula is C20H29N5O. The molecule has 26 heavy (non-hydrogen) atoms. The van der Waals surface area contributed by atoms with Crippen molar-refractivity contribution >= 4 is 5.96 Å². The average Bonchev–Trinajstić information content (AvgIpc) is 3.33. The SMILES string of the molecule is CCNC(=NCc1ccc(C)cc1OCC1CC1)NCCn1ccnc1. The van der Waals surface area contributed by atoms with Crippen molar-refractivity contribution in [3.63, 3.8) is 0 Å². The van der Waals surface area contributed by atoms with Crippen LogP contribution >= 0.6 is 0 Å². The third-order valence-corrected chi connectivity index (χ3v) is 4.37. The van der Waals surface area contributed by atoms with Crippen LogP contribution in [0.2, 0.25) is 0 Å². The van der Waals surface area contributed by atoms with Crippen molar-refractivity contribution in [2.24, 2.45) is 10.9 Å². The van der Waals surface area contributed by atoms with Crippen molar-refractivity contribution in [2.45, 2.75) is 39.8 Å². The van der Waals surface area contributed by atoms with Crippen LogP contribution in [-0.2, 0) is 13.1 Å². The summed E-state index contributed by atoms with van der Waals surface area (Å²) in [6.07, 6.45) is 8.17. The van der Waals surface area contributed by atoms with Crippen molar-refractivity contribution < 1.29 is 4.74 Å². The van der Waals surface area contributed by atoms with E-state index in [4.69, 9.17) is 9.73 Å². The van der Waals surface area contributed by atoms with Crippen LogP contribution in [0.5, 0.6) is 5.75 Å². The third kappa shape index (κ3) is 5.79. The minimum atomic E-state index is 0.598. The maximum atomic E-state index is 6.04. The second-order valence-electron chi connectivity index (χ2n) is 6.79. The van der Waals surface area contributed by atoms with Crippen molar-refractivity contribution in [1.82, 2.24) is 20.2 Å². The summed E-state index contributed by atoms with van der Waals surface area (Å²) < 4.78 is 8.09. The van der Waals surface area contributed by atoms with E-state index >= 15 is 0 Å². The summed E-state index contributed by atoms with van der Waals surface area (Å²) in [4.78, 5) is 8.78. The van der Waals surface area contributed by atoms with Gasteiger partial charge in [0.1, 0.15) is 5.75 Å². The van der Waals surface area contributed by atoms with Gasteiger partial charge in [-0.1, -0.05) is 12.1 Å². The number of nitrogens with one attached hydrogen (secondary N) is 2. The Hall–Kier alpha value is -2.50. The largest absolute Gasteiger partial charge is 0.493 e. The van der Waals surface area contributed by atoms with Crippen LogP contribution in [-0.4, -0.2) is 35.2 Å². The van der Waals surface area contributed by atoms with E-state index in [2.05, 4.69) is 47.7 Å². The summed E-state index contributed by atoms with van der Waals surface area (Å²) in [6.45, 7) is 8.06. The molecule has 140 valence electrons. The van der Waals surface area contributed by atoms with E-state index in [9.17, 15) is 0 Å². The number of hydrogen-bond acceptors (Lipinski definition) is 3. The molecule has 2 aromatic rings. The van der Waals surface area contributed by atoms with Gasteiger partial charge in [0.25, 0.3) is 0 Å². The molecule has 0 saturated heterocycles. The Bertz CT molecular complexity index is 707. The van der Waals surface area contributed by atoms with Crippen LogP contribution in [0.15, 0.2) is 41.9 Å². The standard InChI is InChI=1S/C20H29N5O/c1-3-22-20(23-9-11-25-10-8-21-15-25)24-13-18-7-4-16(2)12-19(18)26-14-17-5-6-17/h4,7-8,10,12,15,17H,3,5-6,9,11,13-14H2,1-2H3,(H2,22,23,24). The van der Waals surface area contributed by atoms with E-state index in [0.29, 0.717) is 6.54 Å². The summed E-state index contributed by atoms with van der Waals surface area (Å²) in [5.41, 5.74) is 2.34. The summed E-state index contributed by atoms with van der Waals surface area (Å²) in [7, 11) is 0. The molecule has 0 amide bonds. The molecule has 1 aromatic heterocycles. The zero-order valence-electron chi connectivity index (χ0n) is 15.7. The normalized spacial score (nSPS) is 14.3. The Kier molecular flexibility index (Phi) is 6.52. The van der Waals surface area contributed by atoms with Crippen LogP contribution in [0.4, 0.5) is 0 Å². The highest BCUT2D eigenvalue weighted by Gasteiger charge is 2.22. The Morgan fingerprint density at radius 3 is 2.96 bits per heavy atom. The zero-order chi connectivity index (χ0) is 18.2. The number of aromatic nitrogens is 2. The number of benzene rings is 1. The van der Waals surface area contributed by atoms with Gasteiger partial charge < -0.3 is 19.9 Å². The number of nitrogens with zero attached hydrogens (tertiary/aromatic N) is 3. The summed E-state index contributed by atoms with van der Waals surface area (Å²) in [6, 6.07) is 6.36. The fourth-order valence-corrected chi connectivity index (χ4v) is 2.65. The van der Waals surface area contributed by atoms with Crippen molar-refractivity contribution in [1.29, 1.82) is 0 Å². The number of guanidine groups is 1. The van der Waals surface area contributed by atoms with E-state index in [1.54, 1.807) is 6.20 Å². The van der Waals surface area contributed by atoms with Crippen LogP contribution in [0.1, 0.15) is 30.9 Å². The van der Waals surface area contributed by atoms with Crippen LogP contribution < -0.4 is 15.4 Å². The Labute approximate surface area is 155 Å². The molecule has 1 heterocycles. The van der Waals surface area contributed by atoms with Crippen molar-refractivity contribution in [3.05, 3.63) is 48.0 Å². The van der Waals surface area contributed by atoms with Gasteiger partial charge in [-0.05, 0) is 44.2 Å². The molecule has 6 heteroatoms. The first kappa shape index (κ1) is 18.3. The fourth-order valence-electron chi connectivity index (χ4n) is 2.65. The smallest absolute Gasteiger partial charge is 0.191 e. The monoisotopic (exact) mass is 355 g/mol. The molecule has 0 spiro atoms. The number of rotatable bonds is 9. The number of aliphatic imine (C=N–C) groups is 1. The highest BCUT2D eigenvalue weighted by molar-refractivity contribution is 5.79.